The van der Waals surface area contributed by atoms with E-state index in [0.717, 1.165) is 11.1 Å². The third kappa shape index (κ3) is 5.65. The summed E-state index contributed by atoms with van der Waals surface area (Å²) in [6.45, 7) is 0.442. The molecule has 1 heterocycles. The van der Waals surface area contributed by atoms with Gasteiger partial charge < -0.3 is 5.32 Å². The van der Waals surface area contributed by atoms with Gasteiger partial charge in [-0.05, 0) is 24.1 Å². The Balaban J connectivity index is 1.42. The minimum Gasteiger partial charge on any atom is -0.355 e. The highest BCUT2D eigenvalue weighted by atomic mass is 32.2. The average molecular weight is 418 g/mol. The molecule has 0 bridgehead atoms. The van der Waals surface area contributed by atoms with Gasteiger partial charge in [0.15, 0.2) is 5.82 Å². The summed E-state index contributed by atoms with van der Waals surface area (Å²) in [5.41, 5.74) is 1.83. The van der Waals surface area contributed by atoms with E-state index in [-0.39, 0.29) is 16.6 Å². The minimum absolute atomic E-state index is 0.0676. The van der Waals surface area contributed by atoms with Crippen LogP contribution in [-0.2, 0) is 21.2 Å². The van der Waals surface area contributed by atoms with Crippen LogP contribution in [0.3, 0.4) is 0 Å². The molecule has 0 saturated carbocycles. The Hall–Kier alpha value is -2.69. The van der Waals surface area contributed by atoms with Crippen LogP contribution in [-0.4, -0.2) is 41.8 Å². The van der Waals surface area contributed by atoms with E-state index >= 15 is 0 Å². The molecule has 0 aliphatic heterocycles. The maximum absolute atomic E-state index is 12.0. The number of nitrogens with zero attached hydrogens (tertiary/aromatic N) is 2. The molecule has 2 aromatic carbocycles. The largest absolute Gasteiger partial charge is 0.355 e. The number of hydrogen-bond acceptors (Lipinski definition) is 6. The molecule has 3 aromatic rings. The van der Waals surface area contributed by atoms with Gasteiger partial charge in [0.2, 0.25) is 21.1 Å². The van der Waals surface area contributed by atoms with Crippen LogP contribution in [0.1, 0.15) is 5.56 Å². The summed E-state index contributed by atoms with van der Waals surface area (Å²) in [7, 11) is -3.69. The number of nitrogens with two attached hydrogens (primary N) is 1. The fourth-order valence-electron chi connectivity index (χ4n) is 2.41. The second-order valence-electron chi connectivity index (χ2n) is 5.91. The summed E-state index contributed by atoms with van der Waals surface area (Å²) in [6, 6.07) is 15.9. The molecular formula is C18H19N5O3S2. The zero-order valence-electron chi connectivity index (χ0n) is 14.8. The molecule has 10 heteroatoms. The lowest BCUT2D eigenvalue weighted by Crippen LogP contribution is -2.27. The number of hydrogen-bond donors (Lipinski definition) is 3. The Kier molecular flexibility index (Phi) is 6.45. The normalized spacial score (nSPS) is 11.3. The average Bonchev–Trinajstić information content (AvgIpc) is 3.16. The molecular weight excluding hydrogens is 398 g/mol. The maximum atomic E-state index is 12.0. The highest BCUT2D eigenvalue weighted by Gasteiger charge is 2.09. The first-order chi connectivity index (χ1) is 13.4. The van der Waals surface area contributed by atoms with E-state index < -0.39 is 10.0 Å². The van der Waals surface area contributed by atoms with Gasteiger partial charge in [0.25, 0.3) is 0 Å². The molecule has 8 nitrogen and oxygen atoms in total. The van der Waals surface area contributed by atoms with Crippen LogP contribution in [0.5, 0.6) is 0 Å². The molecule has 28 heavy (non-hydrogen) atoms. The zero-order valence-corrected chi connectivity index (χ0v) is 16.5. The van der Waals surface area contributed by atoms with Crippen LogP contribution in [0.25, 0.3) is 11.4 Å². The number of carbonyl (C=O) groups excluding carboxylic acids is 1. The SMILES string of the molecule is NS(=O)(=O)c1ccc(CCNC(=O)CSc2n[nH]c(-c3ccccc3)n2)cc1. The number of primary sulfonamides is 1. The summed E-state index contributed by atoms with van der Waals surface area (Å²) in [4.78, 5) is 16.4. The number of aromatic amines is 1. The van der Waals surface area contributed by atoms with Crippen LogP contribution in [0.4, 0.5) is 0 Å². The van der Waals surface area contributed by atoms with Crippen molar-refractivity contribution in [2.45, 2.75) is 16.5 Å². The number of rotatable bonds is 8. The predicted octanol–water partition coefficient (Wildman–Crippen LogP) is 1.57. The molecule has 146 valence electrons. The molecule has 0 spiro atoms. The van der Waals surface area contributed by atoms with Crippen LogP contribution in [0, 0.1) is 0 Å². The minimum atomic E-state index is -3.69. The van der Waals surface area contributed by atoms with Gasteiger partial charge in [-0.1, -0.05) is 54.2 Å². The number of aromatic nitrogens is 3. The number of sulfonamides is 1. The van der Waals surface area contributed by atoms with E-state index in [1.54, 1.807) is 12.1 Å². The standard InChI is InChI=1S/C18H19N5O3S2/c19-28(25,26)15-8-6-13(7-9-15)10-11-20-16(24)12-27-18-21-17(22-23-18)14-4-2-1-3-5-14/h1-9H,10-12H2,(H,20,24)(H2,19,25,26)(H,21,22,23). The summed E-state index contributed by atoms with van der Waals surface area (Å²) < 4.78 is 22.4. The third-order valence-corrected chi connectivity index (χ3v) is 5.61. The van der Waals surface area contributed by atoms with Crippen molar-refractivity contribution in [1.82, 2.24) is 20.5 Å². The zero-order chi connectivity index (χ0) is 20.0. The Morgan fingerprint density at radius 3 is 2.50 bits per heavy atom. The third-order valence-electron chi connectivity index (χ3n) is 3.83. The molecule has 4 N–H and O–H groups in total. The topological polar surface area (TPSA) is 131 Å². The molecule has 0 radical (unpaired) electrons. The summed E-state index contributed by atoms with van der Waals surface area (Å²) >= 11 is 1.25. The highest BCUT2D eigenvalue weighted by molar-refractivity contribution is 7.99. The number of thioether (sulfide) groups is 1. The molecule has 0 fully saturated rings. The fraction of sp³-hybridized carbons (Fsp3) is 0.167. The molecule has 0 unspecified atom stereocenters. The van der Waals surface area contributed by atoms with Crippen LogP contribution >= 0.6 is 11.8 Å². The first kappa shape index (κ1) is 20.1. The molecule has 1 amide bonds. The van der Waals surface area contributed by atoms with Crippen LogP contribution < -0.4 is 10.5 Å². The lowest BCUT2D eigenvalue weighted by Gasteiger charge is -2.05. The van der Waals surface area contributed by atoms with Crippen molar-refractivity contribution in [2.24, 2.45) is 5.14 Å². The quantitative estimate of drug-likeness (QED) is 0.477. The highest BCUT2D eigenvalue weighted by Crippen LogP contribution is 2.18. The Bertz CT molecular complexity index is 1030. The lowest BCUT2D eigenvalue weighted by molar-refractivity contribution is -0.118. The summed E-state index contributed by atoms with van der Waals surface area (Å²) in [6.07, 6.45) is 0.583. The summed E-state index contributed by atoms with van der Waals surface area (Å²) in [5, 5.41) is 15.4. The van der Waals surface area contributed by atoms with Gasteiger partial charge in [-0.25, -0.2) is 18.5 Å². The van der Waals surface area contributed by atoms with E-state index in [9.17, 15) is 13.2 Å². The number of H-pyrrole nitrogens is 1. The number of nitrogens with one attached hydrogen (secondary N) is 2. The van der Waals surface area contributed by atoms with Gasteiger partial charge in [0.1, 0.15) is 0 Å². The van der Waals surface area contributed by atoms with Gasteiger partial charge in [-0.2, -0.15) is 0 Å². The molecule has 0 aliphatic rings. The molecule has 1 aromatic heterocycles. The van der Waals surface area contributed by atoms with E-state index in [1.165, 1.54) is 23.9 Å². The van der Waals surface area contributed by atoms with Crippen molar-refractivity contribution in [1.29, 1.82) is 0 Å². The van der Waals surface area contributed by atoms with E-state index in [1.807, 2.05) is 30.3 Å². The summed E-state index contributed by atoms with van der Waals surface area (Å²) in [5.74, 6) is 0.736. The second-order valence-corrected chi connectivity index (χ2v) is 8.41. The molecule has 0 saturated heterocycles. The first-order valence-corrected chi connectivity index (χ1v) is 10.9. The Labute approximate surface area is 167 Å². The van der Waals surface area contributed by atoms with Crippen molar-refractivity contribution in [3.05, 3.63) is 60.2 Å². The van der Waals surface area contributed by atoms with Crippen molar-refractivity contribution in [3.63, 3.8) is 0 Å². The van der Waals surface area contributed by atoms with Crippen molar-refractivity contribution in [2.75, 3.05) is 12.3 Å². The second kappa shape index (κ2) is 9.00. The lowest BCUT2D eigenvalue weighted by atomic mass is 10.1. The van der Waals surface area contributed by atoms with Gasteiger partial charge in [-0.15, -0.1) is 5.10 Å². The van der Waals surface area contributed by atoms with Gasteiger partial charge in [0, 0.05) is 12.1 Å². The number of carbonyl (C=O) groups is 1. The van der Waals surface area contributed by atoms with Crippen LogP contribution in [0.2, 0.25) is 0 Å². The smallest absolute Gasteiger partial charge is 0.238 e. The fourth-order valence-corrected chi connectivity index (χ4v) is 3.55. The van der Waals surface area contributed by atoms with Gasteiger partial charge in [-0.3, -0.25) is 9.89 Å². The molecule has 0 atom stereocenters. The number of amides is 1. The van der Waals surface area contributed by atoms with Crippen LogP contribution in [0.15, 0.2) is 64.6 Å². The van der Waals surface area contributed by atoms with Gasteiger partial charge >= 0.3 is 0 Å². The van der Waals surface area contributed by atoms with E-state index in [2.05, 4.69) is 20.5 Å². The monoisotopic (exact) mass is 417 g/mol. The van der Waals surface area contributed by atoms with Crippen molar-refractivity contribution >= 4 is 27.7 Å². The molecule has 0 aliphatic carbocycles. The van der Waals surface area contributed by atoms with E-state index in [4.69, 9.17) is 5.14 Å². The Morgan fingerprint density at radius 2 is 1.82 bits per heavy atom. The Morgan fingerprint density at radius 1 is 1.11 bits per heavy atom. The number of benzene rings is 2. The predicted molar refractivity (Wildman–Crippen MR) is 107 cm³/mol. The van der Waals surface area contributed by atoms with E-state index in [0.29, 0.717) is 23.9 Å². The molecule has 3 rings (SSSR count). The maximum Gasteiger partial charge on any atom is 0.238 e. The van der Waals surface area contributed by atoms with Crippen molar-refractivity contribution in [3.8, 4) is 11.4 Å². The van der Waals surface area contributed by atoms with Gasteiger partial charge in [0.05, 0.1) is 10.6 Å². The first-order valence-electron chi connectivity index (χ1n) is 8.41. The van der Waals surface area contributed by atoms with Crippen molar-refractivity contribution < 1.29 is 13.2 Å².